The third-order valence-corrected chi connectivity index (χ3v) is 1.62. The normalized spacial score (nSPS) is 8.62. The molecular weight excluding hydrogens is 166 g/mol. The summed E-state index contributed by atoms with van der Waals surface area (Å²) in [6.45, 7) is 7.48. The van der Waals surface area contributed by atoms with Gasteiger partial charge in [0.1, 0.15) is 0 Å². The Morgan fingerprint density at radius 1 is 1.15 bits per heavy atom. The second-order valence-corrected chi connectivity index (χ2v) is 2.50. The van der Waals surface area contributed by atoms with Crippen LogP contribution in [0.15, 0.2) is 18.2 Å². The van der Waals surface area contributed by atoms with E-state index in [1.807, 2.05) is 19.9 Å². The SMILES string of the molecule is CC.Cc1cccc(C)c1[N+](=O)[O-]. The van der Waals surface area contributed by atoms with Gasteiger partial charge in [-0.2, -0.15) is 0 Å². The van der Waals surface area contributed by atoms with Crippen molar-refractivity contribution in [1.29, 1.82) is 0 Å². The molecule has 0 aliphatic heterocycles. The van der Waals surface area contributed by atoms with Crippen LogP contribution < -0.4 is 0 Å². The summed E-state index contributed by atoms with van der Waals surface area (Å²) >= 11 is 0. The summed E-state index contributed by atoms with van der Waals surface area (Å²) in [5.74, 6) is 0. The number of para-hydroxylation sites is 1. The summed E-state index contributed by atoms with van der Waals surface area (Å²) in [5, 5.41) is 10.4. The molecule has 0 heterocycles. The van der Waals surface area contributed by atoms with E-state index in [1.165, 1.54) is 0 Å². The van der Waals surface area contributed by atoms with Gasteiger partial charge in [0.05, 0.1) is 4.92 Å². The van der Waals surface area contributed by atoms with E-state index in [9.17, 15) is 10.1 Å². The molecule has 0 bridgehead atoms. The Hall–Kier alpha value is -1.38. The number of benzene rings is 1. The standard InChI is InChI=1S/C8H9NO2.C2H6/c1-6-4-3-5-7(2)8(6)9(10)11;1-2/h3-5H,1-2H3;1-2H3. The van der Waals surface area contributed by atoms with E-state index in [0.29, 0.717) is 0 Å². The largest absolute Gasteiger partial charge is 0.275 e. The molecule has 0 spiro atoms. The number of hydrogen-bond acceptors (Lipinski definition) is 2. The van der Waals surface area contributed by atoms with Crippen LogP contribution in [0.3, 0.4) is 0 Å². The Labute approximate surface area is 78.5 Å². The summed E-state index contributed by atoms with van der Waals surface area (Å²) in [6.07, 6.45) is 0. The third-order valence-electron chi connectivity index (χ3n) is 1.62. The Kier molecular flexibility index (Phi) is 4.74. The molecule has 0 atom stereocenters. The van der Waals surface area contributed by atoms with Gasteiger partial charge in [-0.05, 0) is 13.8 Å². The van der Waals surface area contributed by atoms with Crippen LogP contribution in [-0.4, -0.2) is 4.92 Å². The quantitative estimate of drug-likeness (QED) is 0.493. The predicted molar refractivity (Wildman–Crippen MR) is 53.9 cm³/mol. The average molecular weight is 181 g/mol. The first-order valence-electron chi connectivity index (χ1n) is 4.33. The number of nitrogens with zero attached hydrogens (tertiary/aromatic N) is 1. The minimum atomic E-state index is -0.343. The molecule has 3 heteroatoms. The van der Waals surface area contributed by atoms with Crippen LogP contribution in [0.1, 0.15) is 25.0 Å². The molecule has 1 aromatic rings. The van der Waals surface area contributed by atoms with Crippen molar-refractivity contribution in [2.24, 2.45) is 0 Å². The van der Waals surface area contributed by atoms with Crippen molar-refractivity contribution in [3.63, 3.8) is 0 Å². The van der Waals surface area contributed by atoms with Crippen LogP contribution in [0.25, 0.3) is 0 Å². The molecule has 0 aliphatic carbocycles. The van der Waals surface area contributed by atoms with Gasteiger partial charge in [0, 0.05) is 11.1 Å². The zero-order valence-corrected chi connectivity index (χ0v) is 8.50. The maximum atomic E-state index is 10.4. The van der Waals surface area contributed by atoms with E-state index < -0.39 is 0 Å². The third kappa shape index (κ3) is 2.86. The first-order valence-corrected chi connectivity index (χ1v) is 4.33. The molecule has 0 unspecified atom stereocenters. The second-order valence-electron chi connectivity index (χ2n) is 2.50. The van der Waals surface area contributed by atoms with Gasteiger partial charge >= 0.3 is 0 Å². The molecular formula is C10H15NO2. The van der Waals surface area contributed by atoms with E-state index in [1.54, 1.807) is 26.0 Å². The topological polar surface area (TPSA) is 43.1 Å². The molecule has 1 aromatic carbocycles. The lowest BCUT2D eigenvalue weighted by atomic mass is 10.1. The van der Waals surface area contributed by atoms with Crippen LogP contribution in [-0.2, 0) is 0 Å². The summed E-state index contributed by atoms with van der Waals surface area (Å²) in [4.78, 5) is 10.1. The molecule has 0 amide bonds. The van der Waals surface area contributed by atoms with Crippen molar-refractivity contribution in [3.8, 4) is 0 Å². The van der Waals surface area contributed by atoms with Crippen LogP contribution in [0.5, 0.6) is 0 Å². The Bertz CT molecular complexity index is 275. The number of nitro groups is 1. The second kappa shape index (κ2) is 5.30. The van der Waals surface area contributed by atoms with E-state index in [4.69, 9.17) is 0 Å². The molecule has 13 heavy (non-hydrogen) atoms. The maximum absolute atomic E-state index is 10.4. The summed E-state index contributed by atoms with van der Waals surface area (Å²) in [7, 11) is 0. The Balaban J connectivity index is 0.000000671. The monoisotopic (exact) mass is 181 g/mol. The van der Waals surface area contributed by atoms with Gasteiger partial charge in [-0.25, -0.2) is 0 Å². The number of nitro benzene ring substituents is 1. The first kappa shape index (κ1) is 11.6. The molecule has 0 saturated heterocycles. The fraction of sp³-hybridized carbons (Fsp3) is 0.400. The lowest BCUT2D eigenvalue weighted by Gasteiger charge is -1.98. The Morgan fingerprint density at radius 2 is 1.54 bits per heavy atom. The minimum Gasteiger partial charge on any atom is -0.258 e. The smallest absolute Gasteiger partial charge is 0.258 e. The molecule has 1 rings (SSSR count). The van der Waals surface area contributed by atoms with Crippen molar-refractivity contribution in [2.45, 2.75) is 27.7 Å². The average Bonchev–Trinajstić information content (AvgIpc) is 2.07. The highest BCUT2D eigenvalue weighted by atomic mass is 16.6. The zero-order chi connectivity index (χ0) is 10.4. The first-order chi connectivity index (χ1) is 6.13. The predicted octanol–water partition coefficient (Wildman–Crippen LogP) is 3.24. The highest BCUT2D eigenvalue weighted by Gasteiger charge is 2.11. The molecule has 0 fully saturated rings. The molecule has 0 N–H and O–H groups in total. The van der Waals surface area contributed by atoms with E-state index >= 15 is 0 Å². The highest BCUT2D eigenvalue weighted by molar-refractivity contribution is 5.45. The number of hydrogen-bond donors (Lipinski definition) is 0. The van der Waals surface area contributed by atoms with Crippen LogP contribution in [0.4, 0.5) is 5.69 Å². The van der Waals surface area contributed by atoms with E-state index in [-0.39, 0.29) is 10.6 Å². The molecule has 0 saturated carbocycles. The lowest BCUT2D eigenvalue weighted by molar-refractivity contribution is -0.386. The van der Waals surface area contributed by atoms with Crippen LogP contribution in [0.2, 0.25) is 0 Å². The summed E-state index contributed by atoms with van der Waals surface area (Å²) in [5.41, 5.74) is 1.66. The summed E-state index contributed by atoms with van der Waals surface area (Å²) in [6, 6.07) is 5.30. The van der Waals surface area contributed by atoms with Crippen molar-refractivity contribution in [1.82, 2.24) is 0 Å². The van der Waals surface area contributed by atoms with Gasteiger partial charge in [-0.1, -0.05) is 32.0 Å². The molecule has 0 aliphatic rings. The molecule has 3 nitrogen and oxygen atoms in total. The maximum Gasteiger partial charge on any atom is 0.275 e. The van der Waals surface area contributed by atoms with Crippen molar-refractivity contribution >= 4 is 5.69 Å². The van der Waals surface area contributed by atoms with E-state index in [2.05, 4.69) is 0 Å². The molecule has 72 valence electrons. The summed E-state index contributed by atoms with van der Waals surface area (Å²) < 4.78 is 0. The van der Waals surface area contributed by atoms with Gasteiger partial charge in [0.2, 0.25) is 0 Å². The van der Waals surface area contributed by atoms with Crippen molar-refractivity contribution in [3.05, 3.63) is 39.4 Å². The Morgan fingerprint density at radius 3 is 1.77 bits per heavy atom. The molecule has 0 radical (unpaired) electrons. The van der Waals surface area contributed by atoms with Gasteiger partial charge in [-0.3, -0.25) is 10.1 Å². The van der Waals surface area contributed by atoms with Crippen LogP contribution >= 0.6 is 0 Å². The number of aryl methyl sites for hydroxylation is 2. The molecule has 0 aromatic heterocycles. The van der Waals surface area contributed by atoms with Gasteiger partial charge < -0.3 is 0 Å². The fourth-order valence-corrected chi connectivity index (χ4v) is 1.09. The van der Waals surface area contributed by atoms with Gasteiger partial charge in [-0.15, -0.1) is 0 Å². The van der Waals surface area contributed by atoms with Crippen LogP contribution in [0, 0.1) is 24.0 Å². The zero-order valence-electron chi connectivity index (χ0n) is 8.50. The fourth-order valence-electron chi connectivity index (χ4n) is 1.09. The van der Waals surface area contributed by atoms with E-state index in [0.717, 1.165) is 11.1 Å². The highest BCUT2D eigenvalue weighted by Crippen LogP contribution is 2.21. The van der Waals surface area contributed by atoms with Crippen molar-refractivity contribution in [2.75, 3.05) is 0 Å². The number of rotatable bonds is 1. The minimum absolute atomic E-state index is 0.229. The van der Waals surface area contributed by atoms with Crippen molar-refractivity contribution < 1.29 is 4.92 Å². The van der Waals surface area contributed by atoms with Gasteiger partial charge in [0.15, 0.2) is 0 Å². The lowest BCUT2D eigenvalue weighted by Crippen LogP contribution is -1.93. The van der Waals surface area contributed by atoms with Gasteiger partial charge in [0.25, 0.3) is 5.69 Å².